The molecule has 1 heterocycles. The standard InChI is InChI=1S/C13H21NO/c1-2-4-12(5-3-1)10-14-8-9-15-11-13(14)6-7-13/h4H,1-3,5-11H2. The number of allylic oxidation sites excluding steroid dienone is 1. The number of hydrogen-bond donors (Lipinski definition) is 0. The molecule has 2 fully saturated rings. The average molecular weight is 207 g/mol. The van der Waals surface area contributed by atoms with E-state index in [1.165, 1.54) is 45.1 Å². The molecule has 1 spiro atoms. The molecule has 1 saturated heterocycles. The van der Waals surface area contributed by atoms with E-state index in [0.29, 0.717) is 5.54 Å². The van der Waals surface area contributed by atoms with Gasteiger partial charge in [-0.1, -0.05) is 11.6 Å². The van der Waals surface area contributed by atoms with E-state index >= 15 is 0 Å². The fraction of sp³-hybridized carbons (Fsp3) is 0.846. The van der Waals surface area contributed by atoms with Gasteiger partial charge in [-0.2, -0.15) is 0 Å². The normalized spacial score (nSPS) is 30.3. The summed E-state index contributed by atoms with van der Waals surface area (Å²) in [5.74, 6) is 0. The van der Waals surface area contributed by atoms with E-state index in [2.05, 4.69) is 11.0 Å². The Morgan fingerprint density at radius 1 is 1.33 bits per heavy atom. The van der Waals surface area contributed by atoms with Crippen LogP contribution in [0.3, 0.4) is 0 Å². The molecule has 1 saturated carbocycles. The molecule has 0 N–H and O–H groups in total. The first kappa shape index (κ1) is 9.86. The lowest BCUT2D eigenvalue weighted by Gasteiger charge is -2.37. The zero-order valence-corrected chi connectivity index (χ0v) is 9.50. The Morgan fingerprint density at radius 2 is 2.27 bits per heavy atom. The second kappa shape index (κ2) is 3.91. The van der Waals surface area contributed by atoms with Gasteiger partial charge in [0.05, 0.1) is 13.2 Å². The molecule has 2 nitrogen and oxygen atoms in total. The Hall–Kier alpha value is -0.340. The van der Waals surface area contributed by atoms with Crippen LogP contribution in [-0.4, -0.2) is 36.7 Å². The highest BCUT2D eigenvalue weighted by Gasteiger charge is 2.49. The monoisotopic (exact) mass is 207 g/mol. The molecule has 3 aliphatic rings. The lowest BCUT2D eigenvalue weighted by Crippen LogP contribution is -2.48. The van der Waals surface area contributed by atoms with E-state index < -0.39 is 0 Å². The molecule has 0 radical (unpaired) electrons. The Balaban J connectivity index is 1.63. The van der Waals surface area contributed by atoms with E-state index in [0.717, 1.165) is 19.8 Å². The number of hydrogen-bond acceptors (Lipinski definition) is 2. The Labute approximate surface area is 92.3 Å². The van der Waals surface area contributed by atoms with Gasteiger partial charge in [-0.25, -0.2) is 0 Å². The van der Waals surface area contributed by atoms with Crippen molar-refractivity contribution in [3.05, 3.63) is 11.6 Å². The first-order valence-corrected chi connectivity index (χ1v) is 6.40. The molecule has 0 unspecified atom stereocenters. The fourth-order valence-corrected chi connectivity index (χ4v) is 2.91. The van der Waals surface area contributed by atoms with Gasteiger partial charge in [-0.3, -0.25) is 4.90 Å². The minimum absolute atomic E-state index is 0.469. The van der Waals surface area contributed by atoms with Crippen LogP contribution in [0.4, 0.5) is 0 Å². The summed E-state index contributed by atoms with van der Waals surface area (Å²) in [7, 11) is 0. The van der Waals surface area contributed by atoms with Gasteiger partial charge >= 0.3 is 0 Å². The molecule has 3 rings (SSSR count). The van der Waals surface area contributed by atoms with Crippen molar-refractivity contribution >= 4 is 0 Å². The van der Waals surface area contributed by atoms with Crippen molar-refractivity contribution in [1.82, 2.24) is 4.90 Å². The zero-order valence-electron chi connectivity index (χ0n) is 9.50. The highest BCUT2D eigenvalue weighted by atomic mass is 16.5. The average Bonchev–Trinajstić information content (AvgIpc) is 3.04. The van der Waals surface area contributed by atoms with Crippen LogP contribution in [0.1, 0.15) is 38.5 Å². The summed E-state index contributed by atoms with van der Waals surface area (Å²) in [6, 6.07) is 0. The summed E-state index contributed by atoms with van der Waals surface area (Å²) in [6.07, 6.45) is 10.7. The molecular formula is C13H21NO. The minimum Gasteiger partial charge on any atom is -0.378 e. The topological polar surface area (TPSA) is 12.5 Å². The number of nitrogens with zero attached hydrogens (tertiary/aromatic N) is 1. The van der Waals surface area contributed by atoms with Crippen LogP contribution in [0.25, 0.3) is 0 Å². The third kappa shape index (κ3) is 1.98. The molecule has 0 atom stereocenters. The summed E-state index contributed by atoms with van der Waals surface area (Å²) < 4.78 is 5.61. The summed E-state index contributed by atoms with van der Waals surface area (Å²) in [6.45, 7) is 4.30. The summed E-state index contributed by atoms with van der Waals surface area (Å²) in [4.78, 5) is 2.69. The predicted molar refractivity (Wildman–Crippen MR) is 60.9 cm³/mol. The van der Waals surface area contributed by atoms with E-state index in [9.17, 15) is 0 Å². The zero-order chi connectivity index (χ0) is 10.1. The highest BCUT2D eigenvalue weighted by Crippen LogP contribution is 2.44. The van der Waals surface area contributed by atoms with Crippen LogP contribution in [0.5, 0.6) is 0 Å². The summed E-state index contributed by atoms with van der Waals surface area (Å²) >= 11 is 0. The molecule has 84 valence electrons. The fourth-order valence-electron chi connectivity index (χ4n) is 2.91. The van der Waals surface area contributed by atoms with Crippen molar-refractivity contribution in [3.8, 4) is 0 Å². The van der Waals surface area contributed by atoms with Gasteiger partial charge in [-0.05, 0) is 38.5 Å². The summed E-state index contributed by atoms with van der Waals surface area (Å²) in [5.41, 5.74) is 2.16. The maximum atomic E-state index is 5.61. The predicted octanol–water partition coefficient (Wildman–Crippen LogP) is 2.35. The van der Waals surface area contributed by atoms with Crippen LogP contribution in [0, 0.1) is 0 Å². The van der Waals surface area contributed by atoms with Crippen LogP contribution in [0.2, 0.25) is 0 Å². The maximum Gasteiger partial charge on any atom is 0.0651 e. The van der Waals surface area contributed by atoms with Crippen LogP contribution >= 0.6 is 0 Å². The molecule has 1 aliphatic heterocycles. The minimum atomic E-state index is 0.469. The van der Waals surface area contributed by atoms with Crippen molar-refractivity contribution < 1.29 is 4.74 Å². The largest absolute Gasteiger partial charge is 0.378 e. The Bertz CT molecular complexity index is 268. The van der Waals surface area contributed by atoms with Gasteiger partial charge in [0.1, 0.15) is 0 Å². The van der Waals surface area contributed by atoms with Crippen molar-refractivity contribution in [3.63, 3.8) is 0 Å². The smallest absolute Gasteiger partial charge is 0.0651 e. The van der Waals surface area contributed by atoms with Crippen LogP contribution in [0.15, 0.2) is 11.6 Å². The molecule has 0 aromatic carbocycles. The summed E-state index contributed by atoms with van der Waals surface area (Å²) in [5, 5.41) is 0. The van der Waals surface area contributed by atoms with E-state index in [4.69, 9.17) is 4.74 Å². The molecule has 2 aliphatic carbocycles. The first-order valence-electron chi connectivity index (χ1n) is 6.40. The van der Waals surface area contributed by atoms with E-state index in [1.54, 1.807) is 5.57 Å². The SMILES string of the molecule is C1=C(CN2CCOCC23CC3)CCCC1. The first-order chi connectivity index (χ1) is 7.39. The van der Waals surface area contributed by atoms with Gasteiger partial charge in [0.15, 0.2) is 0 Å². The quantitative estimate of drug-likeness (QED) is 0.644. The van der Waals surface area contributed by atoms with Gasteiger partial charge in [-0.15, -0.1) is 0 Å². The molecular weight excluding hydrogens is 186 g/mol. The molecule has 0 aromatic rings. The number of rotatable bonds is 2. The van der Waals surface area contributed by atoms with Crippen LogP contribution in [-0.2, 0) is 4.74 Å². The third-order valence-electron chi connectivity index (χ3n) is 4.15. The van der Waals surface area contributed by atoms with Crippen molar-refractivity contribution in [2.24, 2.45) is 0 Å². The van der Waals surface area contributed by atoms with Crippen molar-refractivity contribution in [2.45, 2.75) is 44.1 Å². The molecule has 0 aromatic heterocycles. The molecule has 15 heavy (non-hydrogen) atoms. The maximum absolute atomic E-state index is 5.61. The van der Waals surface area contributed by atoms with Crippen LogP contribution < -0.4 is 0 Å². The number of morpholine rings is 1. The molecule has 0 amide bonds. The van der Waals surface area contributed by atoms with Gasteiger partial charge in [0, 0.05) is 18.6 Å². The van der Waals surface area contributed by atoms with Crippen molar-refractivity contribution in [1.29, 1.82) is 0 Å². The third-order valence-corrected chi connectivity index (χ3v) is 4.15. The second-order valence-corrected chi connectivity index (χ2v) is 5.31. The van der Waals surface area contributed by atoms with Gasteiger partial charge in [0.25, 0.3) is 0 Å². The number of ether oxygens (including phenoxy) is 1. The Morgan fingerprint density at radius 3 is 3.00 bits per heavy atom. The van der Waals surface area contributed by atoms with Gasteiger partial charge in [0.2, 0.25) is 0 Å². The lowest BCUT2D eigenvalue weighted by atomic mass is 9.98. The Kier molecular flexibility index (Phi) is 2.57. The highest BCUT2D eigenvalue weighted by molar-refractivity contribution is 5.13. The van der Waals surface area contributed by atoms with E-state index in [-0.39, 0.29) is 0 Å². The second-order valence-electron chi connectivity index (χ2n) is 5.31. The lowest BCUT2D eigenvalue weighted by molar-refractivity contribution is -0.0159. The molecule has 2 heteroatoms. The van der Waals surface area contributed by atoms with Crippen molar-refractivity contribution in [2.75, 3.05) is 26.3 Å². The van der Waals surface area contributed by atoms with Gasteiger partial charge < -0.3 is 4.74 Å². The van der Waals surface area contributed by atoms with E-state index in [1.807, 2.05) is 0 Å². The molecule has 0 bridgehead atoms.